The summed E-state index contributed by atoms with van der Waals surface area (Å²) in [5.74, 6) is -0.123. The molecule has 2 aromatic rings. The van der Waals surface area contributed by atoms with Gasteiger partial charge in [0.15, 0.2) is 11.1 Å². The normalized spacial score (nSPS) is 10.5. The van der Waals surface area contributed by atoms with Crippen LogP contribution >= 0.6 is 11.6 Å². The Morgan fingerprint density at radius 1 is 1.59 bits per heavy atom. The minimum atomic E-state index is -0.555. The van der Waals surface area contributed by atoms with Gasteiger partial charge in [0.2, 0.25) is 5.76 Å². The molecular formula is C11H10ClNO4. The molecule has 90 valence electrons. The molecule has 0 aromatic carbocycles. The largest absolute Gasteiger partial charge is 0.460 e. The van der Waals surface area contributed by atoms with Crippen LogP contribution in [0.1, 0.15) is 23.4 Å². The lowest BCUT2D eigenvalue weighted by atomic mass is 10.2. The van der Waals surface area contributed by atoms with Crippen molar-refractivity contribution in [1.29, 1.82) is 0 Å². The molecule has 0 fully saturated rings. The third-order valence-corrected chi connectivity index (χ3v) is 2.23. The summed E-state index contributed by atoms with van der Waals surface area (Å²) in [5, 5.41) is 0.218. The number of hydrogen-bond donors (Lipinski definition) is 0. The molecule has 2 aromatic heterocycles. The van der Waals surface area contributed by atoms with Gasteiger partial charge in [-0.2, -0.15) is 0 Å². The van der Waals surface area contributed by atoms with Gasteiger partial charge >= 0.3 is 5.97 Å². The van der Waals surface area contributed by atoms with Gasteiger partial charge in [-0.15, -0.1) is 0 Å². The minimum Gasteiger partial charge on any atom is -0.460 e. The van der Waals surface area contributed by atoms with Gasteiger partial charge in [0.25, 0.3) is 0 Å². The van der Waals surface area contributed by atoms with Crippen LogP contribution in [0.3, 0.4) is 0 Å². The highest BCUT2D eigenvalue weighted by Crippen LogP contribution is 2.28. The van der Waals surface area contributed by atoms with E-state index < -0.39 is 5.97 Å². The maximum atomic E-state index is 11.6. The molecule has 0 atom stereocenters. The number of carbonyl (C=O) groups is 1. The molecule has 0 bridgehead atoms. The van der Waals surface area contributed by atoms with Crippen molar-refractivity contribution in [2.45, 2.75) is 13.8 Å². The molecule has 0 saturated heterocycles. The first-order valence-corrected chi connectivity index (χ1v) is 5.38. The second kappa shape index (κ2) is 4.63. The van der Waals surface area contributed by atoms with Gasteiger partial charge in [0.1, 0.15) is 12.0 Å². The third kappa shape index (κ3) is 2.34. The first kappa shape index (κ1) is 11.7. The minimum absolute atomic E-state index is 0.0572. The summed E-state index contributed by atoms with van der Waals surface area (Å²) in [7, 11) is 0. The Morgan fingerprint density at radius 2 is 2.35 bits per heavy atom. The maximum absolute atomic E-state index is 11.6. The SMILES string of the molecule is CCOC(=O)c1oc(C)nc1-c1coc(Cl)c1. The summed E-state index contributed by atoms with van der Waals surface area (Å²) in [6.07, 6.45) is 1.41. The van der Waals surface area contributed by atoms with Gasteiger partial charge in [-0.25, -0.2) is 9.78 Å². The van der Waals surface area contributed by atoms with Crippen molar-refractivity contribution in [3.05, 3.63) is 29.2 Å². The van der Waals surface area contributed by atoms with Crippen molar-refractivity contribution in [3.8, 4) is 11.3 Å². The average molecular weight is 256 g/mol. The molecule has 0 saturated carbocycles. The number of carbonyl (C=O) groups excluding carboxylic acids is 1. The van der Waals surface area contributed by atoms with Crippen LogP contribution < -0.4 is 0 Å². The van der Waals surface area contributed by atoms with Crippen LogP contribution in [0.4, 0.5) is 0 Å². The molecule has 0 unspecified atom stereocenters. The summed E-state index contributed by atoms with van der Waals surface area (Å²) in [4.78, 5) is 15.8. The Morgan fingerprint density at radius 3 is 2.94 bits per heavy atom. The van der Waals surface area contributed by atoms with Crippen molar-refractivity contribution in [2.75, 3.05) is 6.61 Å². The van der Waals surface area contributed by atoms with Crippen molar-refractivity contribution in [3.63, 3.8) is 0 Å². The topological polar surface area (TPSA) is 65.5 Å². The third-order valence-electron chi connectivity index (χ3n) is 2.04. The fourth-order valence-corrected chi connectivity index (χ4v) is 1.55. The number of hydrogen-bond acceptors (Lipinski definition) is 5. The average Bonchev–Trinajstić information content (AvgIpc) is 2.84. The van der Waals surface area contributed by atoms with Crippen LogP contribution in [0, 0.1) is 6.92 Å². The summed E-state index contributed by atoms with van der Waals surface area (Å²) in [6.45, 7) is 3.63. The zero-order chi connectivity index (χ0) is 12.4. The van der Waals surface area contributed by atoms with Crippen LogP contribution in [0.2, 0.25) is 5.22 Å². The van der Waals surface area contributed by atoms with E-state index in [0.717, 1.165) is 0 Å². The molecular weight excluding hydrogens is 246 g/mol. The van der Waals surface area contributed by atoms with E-state index in [1.165, 1.54) is 6.26 Å². The van der Waals surface area contributed by atoms with Gasteiger partial charge < -0.3 is 13.6 Å². The lowest BCUT2D eigenvalue weighted by Gasteiger charge is -1.98. The Kier molecular flexibility index (Phi) is 3.19. The number of aromatic nitrogens is 1. The standard InChI is InChI=1S/C11H10ClNO4/c1-3-15-11(14)10-9(13-6(2)17-10)7-4-8(12)16-5-7/h4-5H,3H2,1-2H3. The number of furan rings is 1. The number of esters is 1. The summed E-state index contributed by atoms with van der Waals surface area (Å²) in [5.41, 5.74) is 0.950. The molecule has 0 spiro atoms. The van der Waals surface area contributed by atoms with Crippen LogP contribution in [0.15, 0.2) is 21.2 Å². The van der Waals surface area contributed by atoms with Crippen molar-refractivity contribution in [2.24, 2.45) is 0 Å². The predicted molar refractivity (Wildman–Crippen MR) is 59.9 cm³/mol. The molecule has 0 amide bonds. The van der Waals surface area contributed by atoms with Gasteiger partial charge in [-0.3, -0.25) is 0 Å². The summed E-state index contributed by atoms with van der Waals surface area (Å²) >= 11 is 5.67. The van der Waals surface area contributed by atoms with Gasteiger partial charge in [-0.05, 0) is 18.5 Å². The maximum Gasteiger partial charge on any atom is 0.376 e. The quantitative estimate of drug-likeness (QED) is 0.789. The van der Waals surface area contributed by atoms with E-state index in [-0.39, 0.29) is 17.6 Å². The first-order chi connectivity index (χ1) is 8.11. The smallest absolute Gasteiger partial charge is 0.376 e. The zero-order valence-electron chi connectivity index (χ0n) is 9.32. The van der Waals surface area contributed by atoms with Crippen molar-refractivity contribution < 1.29 is 18.4 Å². The molecule has 0 aliphatic heterocycles. The Bertz CT molecular complexity index is 543. The van der Waals surface area contributed by atoms with E-state index in [1.54, 1.807) is 19.9 Å². The summed E-state index contributed by atoms with van der Waals surface area (Å²) in [6, 6.07) is 1.56. The van der Waals surface area contributed by atoms with E-state index in [2.05, 4.69) is 4.98 Å². The molecule has 0 radical (unpaired) electrons. The number of nitrogens with zero attached hydrogens (tertiary/aromatic N) is 1. The molecule has 0 aliphatic carbocycles. The number of aryl methyl sites for hydroxylation is 1. The van der Waals surface area contributed by atoms with E-state index in [0.29, 0.717) is 17.1 Å². The molecule has 17 heavy (non-hydrogen) atoms. The number of halogens is 1. The van der Waals surface area contributed by atoms with E-state index in [9.17, 15) is 4.79 Å². The molecule has 6 heteroatoms. The van der Waals surface area contributed by atoms with E-state index in [4.69, 9.17) is 25.2 Å². The van der Waals surface area contributed by atoms with E-state index in [1.807, 2.05) is 0 Å². The van der Waals surface area contributed by atoms with Gasteiger partial charge in [0, 0.05) is 18.6 Å². The fraction of sp³-hybridized carbons (Fsp3) is 0.273. The van der Waals surface area contributed by atoms with Crippen LogP contribution in [0.5, 0.6) is 0 Å². The fourth-order valence-electron chi connectivity index (χ4n) is 1.39. The highest BCUT2D eigenvalue weighted by Gasteiger charge is 2.22. The molecule has 2 rings (SSSR count). The second-order valence-corrected chi connectivity index (χ2v) is 3.64. The number of oxazole rings is 1. The first-order valence-electron chi connectivity index (χ1n) is 5.00. The number of rotatable bonds is 3. The Labute approximate surface area is 102 Å². The van der Waals surface area contributed by atoms with Crippen LogP contribution in [-0.2, 0) is 4.74 Å². The Balaban J connectivity index is 2.43. The van der Waals surface area contributed by atoms with Crippen molar-refractivity contribution in [1.82, 2.24) is 4.98 Å². The molecule has 0 N–H and O–H groups in total. The molecule has 2 heterocycles. The van der Waals surface area contributed by atoms with Crippen LogP contribution in [0.25, 0.3) is 11.3 Å². The van der Waals surface area contributed by atoms with Crippen LogP contribution in [-0.4, -0.2) is 17.6 Å². The predicted octanol–water partition coefficient (Wildman–Crippen LogP) is 3.07. The van der Waals surface area contributed by atoms with E-state index >= 15 is 0 Å². The Hall–Kier alpha value is -1.75. The number of ether oxygens (including phenoxy) is 1. The second-order valence-electron chi connectivity index (χ2n) is 3.27. The van der Waals surface area contributed by atoms with Crippen molar-refractivity contribution >= 4 is 17.6 Å². The monoisotopic (exact) mass is 255 g/mol. The zero-order valence-corrected chi connectivity index (χ0v) is 10.1. The van der Waals surface area contributed by atoms with Gasteiger partial charge in [0.05, 0.1) is 6.61 Å². The lowest BCUT2D eigenvalue weighted by Crippen LogP contribution is -2.04. The molecule has 5 nitrogen and oxygen atoms in total. The lowest BCUT2D eigenvalue weighted by molar-refractivity contribution is 0.0490. The highest BCUT2D eigenvalue weighted by atomic mass is 35.5. The highest BCUT2D eigenvalue weighted by molar-refractivity contribution is 6.29. The molecule has 0 aliphatic rings. The van der Waals surface area contributed by atoms with Gasteiger partial charge in [-0.1, -0.05) is 0 Å². The summed E-state index contributed by atoms with van der Waals surface area (Å²) < 4.78 is 15.1.